The zero-order valence-electron chi connectivity index (χ0n) is 13.5. The summed E-state index contributed by atoms with van der Waals surface area (Å²) in [6.07, 6.45) is 5.69. The van der Waals surface area contributed by atoms with Crippen molar-refractivity contribution in [1.29, 1.82) is 0 Å². The Morgan fingerprint density at radius 3 is 2.50 bits per heavy atom. The molecule has 0 aromatic carbocycles. The first-order valence-corrected chi connectivity index (χ1v) is 9.92. The Morgan fingerprint density at radius 2 is 1.91 bits per heavy atom. The third-order valence-corrected chi connectivity index (χ3v) is 5.93. The molecule has 0 aromatic heterocycles. The summed E-state index contributed by atoms with van der Waals surface area (Å²) in [6.45, 7) is 4.76. The highest BCUT2D eigenvalue weighted by Crippen LogP contribution is 2.23. The van der Waals surface area contributed by atoms with E-state index in [2.05, 4.69) is 17.0 Å². The van der Waals surface area contributed by atoms with Gasteiger partial charge in [0.1, 0.15) is 5.75 Å². The first kappa shape index (κ1) is 17.7. The molecule has 0 radical (unpaired) electrons. The maximum Gasteiger partial charge on any atom is 0.236 e. The van der Waals surface area contributed by atoms with E-state index in [4.69, 9.17) is 4.74 Å². The molecule has 2 aliphatic rings. The van der Waals surface area contributed by atoms with Gasteiger partial charge in [0.25, 0.3) is 0 Å². The number of ether oxygens (including phenoxy) is 1. The van der Waals surface area contributed by atoms with Gasteiger partial charge >= 0.3 is 0 Å². The molecule has 1 saturated heterocycles. The van der Waals surface area contributed by atoms with E-state index in [1.54, 1.807) is 0 Å². The molecular formula is C15H28N2O4S. The lowest BCUT2D eigenvalue weighted by atomic mass is 9.88. The average molecular weight is 332 g/mol. The fourth-order valence-electron chi connectivity index (χ4n) is 3.23. The Kier molecular flexibility index (Phi) is 6.23. The van der Waals surface area contributed by atoms with Crippen LogP contribution in [0.2, 0.25) is 0 Å². The summed E-state index contributed by atoms with van der Waals surface area (Å²) in [7, 11) is -3.57. The van der Waals surface area contributed by atoms with Gasteiger partial charge in [0.15, 0.2) is 0 Å². The van der Waals surface area contributed by atoms with Gasteiger partial charge in [-0.3, -0.25) is 4.79 Å². The highest BCUT2D eigenvalue weighted by atomic mass is 32.2. The molecule has 2 rings (SSSR count). The molecule has 2 atom stereocenters. The standard InChI is InChI=1S/C15H28N2O4S/c1-11-5-7-13(8-6-11)17-22(19,20)10-15(18)16-12(2)14-4-3-9-21-14/h11-14,17H,3-10H2,1-2H3,(H,16,18)/t11?,12-,13?,14-/m0/s1. The van der Waals surface area contributed by atoms with E-state index in [1.807, 2.05) is 6.92 Å². The fraction of sp³-hybridized carbons (Fsp3) is 0.933. The molecule has 1 amide bonds. The van der Waals surface area contributed by atoms with Gasteiger partial charge < -0.3 is 10.1 Å². The molecule has 1 saturated carbocycles. The van der Waals surface area contributed by atoms with Crippen LogP contribution in [0.15, 0.2) is 0 Å². The second-order valence-electron chi connectivity index (χ2n) is 6.74. The maximum absolute atomic E-state index is 12.1. The maximum atomic E-state index is 12.1. The first-order valence-electron chi connectivity index (χ1n) is 8.26. The monoisotopic (exact) mass is 332 g/mol. The molecule has 0 bridgehead atoms. The summed E-state index contributed by atoms with van der Waals surface area (Å²) >= 11 is 0. The zero-order chi connectivity index (χ0) is 16.2. The molecule has 22 heavy (non-hydrogen) atoms. The minimum absolute atomic E-state index is 0.000514. The van der Waals surface area contributed by atoms with Crippen LogP contribution in [0.5, 0.6) is 0 Å². The van der Waals surface area contributed by atoms with E-state index in [0.29, 0.717) is 12.5 Å². The molecule has 1 heterocycles. The topological polar surface area (TPSA) is 84.5 Å². The summed E-state index contributed by atoms with van der Waals surface area (Å²) in [5, 5.41) is 2.74. The minimum Gasteiger partial charge on any atom is -0.376 e. The van der Waals surface area contributed by atoms with Crippen molar-refractivity contribution >= 4 is 15.9 Å². The van der Waals surface area contributed by atoms with Crippen LogP contribution in [0.25, 0.3) is 0 Å². The van der Waals surface area contributed by atoms with Gasteiger partial charge in [-0.25, -0.2) is 13.1 Å². The van der Waals surface area contributed by atoms with Crippen LogP contribution in [0.4, 0.5) is 0 Å². The number of sulfonamides is 1. The summed E-state index contributed by atoms with van der Waals surface area (Å²) < 4.78 is 32.3. The van der Waals surface area contributed by atoms with Gasteiger partial charge in [-0.1, -0.05) is 6.92 Å². The second kappa shape index (κ2) is 7.75. The third-order valence-electron chi connectivity index (χ3n) is 4.59. The number of hydrogen-bond acceptors (Lipinski definition) is 4. The molecule has 0 aromatic rings. The minimum atomic E-state index is -3.57. The van der Waals surface area contributed by atoms with Crippen molar-refractivity contribution in [3.05, 3.63) is 0 Å². The molecule has 1 aliphatic carbocycles. The predicted molar refractivity (Wildman–Crippen MR) is 84.9 cm³/mol. The normalized spacial score (nSPS) is 30.9. The predicted octanol–water partition coefficient (Wildman–Crippen LogP) is 1.17. The number of carbonyl (C=O) groups excluding carboxylic acids is 1. The second-order valence-corrected chi connectivity index (χ2v) is 8.50. The van der Waals surface area contributed by atoms with Crippen molar-refractivity contribution in [2.75, 3.05) is 12.4 Å². The SMILES string of the molecule is CC1CCC(NS(=O)(=O)CC(=O)N[C@@H](C)[C@@H]2CCCO2)CC1. The third kappa shape index (κ3) is 5.52. The Morgan fingerprint density at radius 1 is 1.23 bits per heavy atom. The summed E-state index contributed by atoms with van der Waals surface area (Å²) in [4.78, 5) is 11.9. The lowest BCUT2D eigenvalue weighted by Gasteiger charge is -2.26. The van der Waals surface area contributed by atoms with E-state index in [1.165, 1.54) is 0 Å². The fourth-order valence-corrected chi connectivity index (χ4v) is 4.49. The van der Waals surface area contributed by atoms with E-state index < -0.39 is 21.7 Å². The van der Waals surface area contributed by atoms with E-state index in [9.17, 15) is 13.2 Å². The molecule has 1 aliphatic heterocycles. The van der Waals surface area contributed by atoms with Crippen molar-refractivity contribution in [1.82, 2.24) is 10.0 Å². The van der Waals surface area contributed by atoms with Crippen LogP contribution in [0.1, 0.15) is 52.4 Å². The lowest BCUT2D eigenvalue weighted by molar-refractivity contribution is -0.120. The number of carbonyl (C=O) groups is 1. The van der Waals surface area contributed by atoms with Crippen molar-refractivity contribution in [3.8, 4) is 0 Å². The van der Waals surface area contributed by atoms with Crippen LogP contribution >= 0.6 is 0 Å². The van der Waals surface area contributed by atoms with Crippen molar-refractivity contribution in [2.24, 2.45) is 5.92 Å². The smallest absolute Gasteiger partial charge is 0.236 e. The summed E-state index contributed by atoms with van der Waals surface area (Å²) in [5.74, 6) is -0.299. The van der Waals surface area contributed by atoms with Gasteiger partial charge in [0.05, 0.1) is 12.1 Å². The van der Waals surface area contributed by atoms with Crippen molar-refractivity contribution < 1.29 is 17.9 Å². The molecular weight excluding hydrogens is 304 g/mol. The van der Waals surface area contributed by atoms with Crippen LogP contribution in [0, 0.1) is 5.92 Å². The van der Waals surface area contributed by atoms with Crippen LogP contribution in [-0.4, -0.2) is 44.9 Å². The number of hydrogen-bond donors (Lipinski definition) is 2. The molecule has 0 spiro atoms. The Hall–Kier alpha value is -0.660. The van der Waals surface area contributed by atoms with Crippen LogP contribution in [0.3, 0.4) is 0 Å². The molecule has 6 nitrogen and oxygen atoms in total. The zero-order valence-corrected chi connectivity index (χ0v) is 14.3. The molecule has 7 heteroatoms. The molecule has 128 valence electrons. The van der Waals surface area contributed by atoms with Gasteiger partial charge in [-0.15, -0.1) is 0 Å². The number of nitrogens with one attached hydrogen (secondary N) is 2. The largest absolute Gasteiger partial charge is 0.376 e. The number of rotatable bonds is 6. The van der Waals surface area contributed by atoms with E-state index in [-0.39, 0.29) is 18.2 Å². The lowest BCUT2D eigenvalue weighted by Crippen LogP contribution is -2.46. The summed E-state index contributed by atoms with van der Waals surface area (Å²) in [5.41, 5.74) is 0. The van der Waals surface area contributed by atoms with Crippen molar-refractivity contribution in [2.45, 2.75) is 70.6 Å². The summed E-state index contributed by atoms with van der Waals surface area (Å²) in [6, 6.07) is -0.176. The first-order chi connectivity index (χ1) is 10.4. The highest BCUT2D eigenvalue weighted by Gasteiger charge is 2.27. The van der Waals surface area contributed by atoms with Gasteiger partial charge in [-0.05, 0) is 51.4 Å². The van der Waals surface area contributed by atoms with Gasteiger partial charge in [-0.2, -0.15) is 0 Å². The quantitative estimate of drug-likeness (QED) is 0.765. The Balaban J connectivity index is 1.76. The number of amides is 1. The molecule has 0 unspecified atom stereocenters. The Bertz CT molecular complexity index is 466. The van der Waals surface area contributed by atoms with Gasteiger partial charge in [0, 0.05) is 12.6 Å². The molecule has 2 fully saturated rings. The average Bonchev–Trinajstić information content (AvgIpc) is 2.94. The highest BCUT2D eigenvalue weighted by molar-refractivity contribution is 7.90. The van der Waals surface area contributed by atoms with Crippen LogP contribution < -0.4 is 10.0 Å². The van der Waals surface area contributed by atoms with Crippen LogP contribution in [-0.2, 0) is 19.6 Å². The van der Waals surface area contributed by atoms with E-state index in [0.717, 1.165) is 38.5 Å². The Labute approximate surface area is 133 Å². The van der Waals surface area contributed by atoms with Crippen molar-refractivity contribution in [3.63, 3.8) is 0 Å². The van der Waals surface area contributed by atoms with E-state index >= 15 is 0 Å². The molecule has 2 N–H and O–H groups in total. The van der Waals surface area contributed by atoms with Gasteiger partial charge in [0.2, 0.25) is 15.9 Å².